The van der Waals surface area contributed by atoms with Gasteiger partial charge in [0.1, 0.15) is 6.04 Å². The first-order chi connectivity index (χ1) is 17.8. The highest BCUT2D eigenvalue weighted by atomic mass is 35.5. The molecule has 1 atom stereocenters. The van der Waals surface area contributed by atoms with Crippen LogP contribution in [-0.4, -0.2) is 35.1 Å². The minimum atomic E-state index is -0.700. The minimum absolute atomic E-state index is 0.159. The fraction of sp³-hybridized carbons (Fsp3) is 0.310. The van der Waals surface area contributed by atoms with E-state index < -0.39 is 6.04 Å². The molecule has 3 aromatic carbocycles. The highest BCUT2D eigenvalue weighted by molar-refractivity contribution is 7.99. The predicted octanol–water partition coefficient (Wildman–Crippen LogP) is 7.29. The molecule has 3 rings (SSSR count). The van der Waals surface area contributed by atoms with Crippen LogP contribution in [0.3, 0.4) is 0 Å². The SMILES string of the molecule is CC(C)CNC(=O)C(Cc1ccccc1)N(Cc1ccccc1Cl)C(=O)CSCc1c(Cl)cccc1Cl. The van der Waals surface area contributed by atoms with Crippen LogP contribution >= 0.6 is 46.6 Å². The van der Waals surface area contributed by atoms with E-state index in [1.807, 2.05) is 62.4 Å². The number of halogens is 3. The number of thioether (sulfide) groups is 1. The van der Waals surface area contributed by atoms with Gasteiger partial charge in [0.25, 0.3) is 0 Å². The molecule has 0 saturated carbocycles. The molecule has 0 aliphatic rings. The van der Waals surface area contributed by atoms with E-state index in [1.165, 1.54) is 11.8 Å². The summed E-state index contributed by atoms with van der Waals surface area (Å²) in [6, 6.07) is 21.8. The molecule has 0 bridgehead atoms. The molecule has 0 aliphatic carbocycles. The normalized spacial score (nSPS) is 11.8. The summed E-state index contributed by atoms with van der Waals surface area (Å²) >= 11 is 20.5. The molecule has 0 heterocycles. The summed E-state index contributed by atoms with van der Waals surface area (Å²) in [5.41, 5.74) is 2.54. The van der Waals surface area contributed by atoms with Gasteiger partial charge in [0, 0.05) is 40.3 Å². The minimum Gasteiger partial charge on any atom is -0.354 e. The average molecular weight is 578 g/mol. The third-order valence-corrected chi connectivity index (χ3v) is 7.81. The Morgan fingerprint density at radius 1 is 0.865 bits per heavy atom. The monoisotopic (exact) mass is 576 g/mol. The number of hydrogen-bond acceptors (Lipinski definition) is 3. The molecule has 4 nitrogen and oxygen atoms in total. The van der Waals surface area contributed by atoms with Crippen LogP contribution in [0.15, 0.2) is 72.8 Å². The maximum absolute atomic E-state index is 13.7. The summed E-state index contributed by atoms with van der Waals surface area (Å²) in [7, 11) is 0. The molecular weight excluding hydrogens is 547 g/mol. The molecule has 0 aromatic heterocycles. The van der Waals surface area contributed by atoms with Crippen LogP contribution in [0.1, 0.15) is 30.5 Å². The van der Waals surface area contributed by atoms with Gasteiger partial charge >= 0.3 is 0 Å². The molecule has 0 saturated heterocycles. The molecule has 196 valence electrons. The van der Waals surface area contributed by atoms with Crippen molar-refractivity contribution in [2.75, 3.05) is 12.3 Å². The second-order valence-electron chi connectivity index (χ2n) is 9.15. The maximum atomic E-state index is 13.7. The smallest absolute Gasteiger partial charge is 0.243 e. The molecule has 0 radical (unpaired) electrons. The average Bonchev–Trinajstić information content (AvgIpc) is 2.88. The lowest BCUT2D eigenvalue weighted by Gasteiger charge is -2.32. The summed E-state index contributed by atoms with van der Waals surface area (Å²) in [5, 5.41) is 4.71. The zero-order valence-corrected chi connectivity index (χ0v) is 24.0. The van der Waals surface area contributed by atoms with Gasteiger partial charge in [-0.05, 0) is 40.8 Å². The van der Waals surface area contributed by atoms with Gasteiger partial charge in [-0.2, -0.15) is 0 Å². The van der Waals surface area contributed by atoms with Crippen LogP contribution in [0.2, 0.25) is 15.1 Å². The summed E-state index contributed by atoms with van der Waals surface area (Å²) in [4.78, 5) is 28.8. The number of carbonyl (C=O) groups excluding carboxylic acids is 2. The number of hydrogen-bond donors (Lipinski definition) is 1. The molecule has 0 aliphatic heterocycles. The Morgan fingerprint density at radius 3 is 2.14 bits per heavy atom. The fourth-order valence-electron chi connectivity index (χ4n) is 3.78. The van der Waals surface area contributed by atoms with Crippen LogP contribution < -0.4 is 5.32 Å². The van der Waals surface area contributed by atoms with Crippen LogP contribution in [0.25, 0.3) is 0 Å². The second kappa shape index (κ2) is 14.7. The van der Waals surface area contributed by atoms with Crippen molar-refractivity contribution in [2.24, 2.45) is 5.92 Å². The van der Waals surface area contributed by atoms with Gasteiger partial charge in [0.15, 0.2) is 0 Å². The van der Waals surface area contributed by atoms with Crippen LogP contribution in [-0.2, 0) is 28.3 Å². The first-order valence-corrected chi connectivity index (χ1v) is 14.4. The molecule has 1 unspecified atom stereocenters. The fourth-order valence-corrected chi connectivity index (χ4v) is 5.62. The van der Waals surface area contributed by atoms with Crippen molar-refractivity contribution < 1.29 is 9.59 Å². The van der Waals surface area contributed by atoms with Gasteiger partial charge in [-0.25, -0.2) is 0 Å². The lowest BCUT2D eigenvalue weighted by atomic mass is 10.0. The molecule has 0 spiro atoms. The molecule has 0 fully saturated rings. The van der Waals surface area contributed by atoms with E-state index >= 15 is 0 Å². The standard InChI is InChI=1S/C29H31Cl3N2O2S/c1-20(2)16-33-29(36)27(15-21-9-4-3-5-10-21)34(17-22-11-6-7-12-24(22)30)28(35)19-37-18-23-25(31)13-8-14-26(23)32/h3-14,20,27H,15-19H2,1-2H3,(H,33,36). The Hall–Kier alpha value is -2.18. The Bertz CT molecular complexity index is 1170. The number of nitrogens with one attached hydrogen (secondary N) is 1. The van der Waals surface area contributed by atoms with E-state index in [4.69, 9.17) is 34.8 Å². The molecule has 1 N–H and O–H groups in total. The lowest BCUT2D eigenvalue weighted by Crippen LogP contribution is -2.51. The Kier molecular flexibility index (Phi) is 11.7. The van der Waals surface area contributed by atoms with Crippen molar-refractivity contribution in [3.8, 4) is 0 Å². The van der Waals surface area contributed by atoms with Gasteiger partial charge in [0.2, 0.25) is 11.8 Å². The topological polar surface area (TPSA) is 49.4 Å². The van der Waals surface area contributed by atoms with E-state index in [0.717, 1.165) is 16.7 Å². The van der Waals surface area contributed by atoms with Gasteiger partial charge < -0.3 is 10.2 Å². The van der Waals surface area contributed by atoms with Gasteiger partial charge in [0.05, 0.1) is 5.75 Å². The Balaban J connectivity index is 1.87. The number of carbonyl (C=O) groups is 2. The molecule has 37 heavy (non-hydrogen) atoms. The molecule has 3 aromatic rings. The van der Waals surface area contributed by atoms with Crippen LogP contribution in [0, 0.1) is 5.92 Å². The summed E-state index contributed by atoms with van der Waals surface area (Å²) in [6.45, 7) is 4.82. The molecule has 8 heteroatoms. The summed E-state index contributed by atoms with van der Waals surface area (Å²) in [5.74, 6) is 0.581. The van der Waals surface area contributed by atoms with Crippen molar-refractivity contribution in [2.45, 2.75) is 38.6 Å². The number of rotatable bonds is 12. The largest absolute Gasteiger partial charge is 0.354 e. The zero-order chi connectivity index (χ0) is 26.8. The zero-order valence-electron chi connectivity index (χ0n) is 20.9. The van der Waals surface area contributed by atoms with E-state index in [1.54, 1.807) is 29.2 Å². The highest BCUT2D eigenvalue weighted by Crippen LogP contribution is 2.29. The van der Waals surface area contributed by atoms with E-state index in [9.17, 15) is 9.59 Å². The van der Waals surface area contributed by atoms with Crippen molar-refractivity contribution in [1.82, 2.24) is 10.2 Å². The van der Waals surface area contributed by atoms with E-state index in [2.05, 4.69) is 5.32 Å². The third-order valence-electron chi connectivity index (χ3n) is 5.79. The van der Waals surface area contributed by atoms with Crippen LogP contribution in [0.4, 0.5) is 0 Å². The lowest BCUT2D eigenvalue weighted by molar-refractivity contribution is -0.139. The van der Waals surface area contributed by atoms with Crippen molar-refractivity contribution in [3.63, 3.8) is 0 Å². The highest BCUT2D eigenvalue weighted by Gasteiger charge is 2.30. The first-order valence-electron chi connectivity index (χ1n) is 12.1. The van der Waals surface area contributed by atoms with Gasteiger partial charge in [-0.15, -0.1) is 11.8 Å². The van der Waals surface area contributed by atoms with E-state index in [-0.39, 0.29) is 30.0 Å². The third kappa shape index (κ3) is 8.96. The predicted molar refractivity (Wildman–Crippen MR) is 156 cm³/mol. The number of amides is 2. The Morgan fingerprint density at radius 2 is 1.49 bits per heavy atom. The quantitative estimate of drug-likeness (QED) is 0.246. The van der Waals surface area contributed by atoms with Crippen molar-refractivity contribution >= 4 is 58.4 Å². The molecular formula is C29H31Cl3N2O2S. The van der Waals surface area contributed by atoms with Crippen molar-refractivity contribution in [3.05, 3.63) is 105 Å². The van der Waals surface area contributed by atoms with Gasteiger partial charge in [-0.3, -0.25) is 9.59 Å². The Labute approximate surface area is 238 Å². The van der Waals surface area contributed by atoms with E-state index in [0.29, 0.717) is 33.8 Å². The second-order valence-corrected chi connectivity index (χ2v) is 11.4. The van der Waals surface area contributed by atoms with Gasteiger partial charge in [-0.1, -0.05) is 103 Å². The number of nitrogens with zero attached hydrogens (tertiary/aromatic N) is 1. The van der Waals surface area contributed by atoms with Crippen molar-refractivity contribution in [1.29, 1.82) is 0 Å². The first kappa shape index (κ1) is 29.4. The summed E-state index contributed by atoms with van der Waals surface area (Å²) in [6.07, 6.45) is 0.391. The van der Waals surface area contributed by atoms with Crippen LogP contribution in [0.5, 0.6) is 0 Å². The maximum Gasteiger partial charge on any atom is 0.243 e. The number of benzene rings is 3. The summed E-state index contributed by atoms with van der Waals surface area (Å²) < 4.78 is 0. The molecule has 2 amide bonds.